The summed E-state index contributed by atoms with van der Waals surface area (Å²) >= 11 is 0. The first-order chi connectivity index (χ1) is 15.8. The van der Waals surface area contributed by atoms with Crippen LogP contribution in [0.25, 0.3) is 34.7 Å². The van der Waals surface area contributed by atoms with Crippen LogP contribution in [0.5, 0.6) is 0 Å². The van der Waals surface area contributed by atoms with E-state index >= 15 is 0 Å². The van der Waals surface area contributed by atoms with Crippen LogP contribution in [-0.2, 0) is 0 Å². The molecule has 3 aromatic carbocycles. The maximum absolute atomic E-state index is 13.2. The molecule has 7 nitrogen and oxygen atoms in total. The molecule has 0 aliphatic carbocycles. The van der Waals surface area contributed by atoms with Gasteiger partial charge in [-0.1, -0.05) is 0 Å². The van der Waals surface area contributed by atoms with Crippen molar-refractivity contribution >= 4 is 40.4 Å². The van der Waals surface area contributed by atoms with Crippen molar-refractivity contribution in [1.29, 1.82) is 0 Å². The summed E-state index contributed by atoms with van der Waals surface area (Å²) in [7, 11) is 0. The third-order valence-corrected chi connectivity index (χ3v) is 4.74. The maximum Gasteiger partial charge on any atom is 0.271 e. The highest BCUT2D eigenvalue weighted by Gasteiger charge is 2.13. The molecule has 0 radical (unpaired) electrons. The minimum Gasteiger partial charge on any atom is -0.507 e. The van der Waals surface area contributed by atoms with Crippen LogP contribution in [0, 0.1) is 21.7 Å². The fourth-order valence-corrected chi connectivity index (χ4v) is 3.06. The molecular weight excluding hydrogens is 432 g/mol. The van der Waals surface area contributed by atoms with E-state index in [1.54, 1.807) is 0 Å². The van der Waals surface area contributed by atoms with Crippen molar-refractivity contribution in [2.45, 2.75) is 0 Å². The van der Waals surface area contributed by atoms with Crippen LogP contribution < -0.4 is 0 Å². The van der Waals surface area contributed by atoms with E-state index < -0.39 is 16.6 Å². The zero-order valence-electron chi connectivity index (χ0n) is 16.8. The molecule has 1 heterocycles. The van der Waals surface area contributed by atoms with Crippen molar-refractivity contribution in [2.24, 2.45) is 0 Å². The first-order valence-electron chi connectivity index (χ1n) is 9.59. The van der Waals surface area contributed by atoms with E-state index in [1.165, 1.54) is 78.9 Å². The van der Waals surface area contributed by atoms with Crippen molar-refractivity contribution in [3.05, 3.63) is 111 Å². The second-order valence-corrected chi connectivity index (χ2v) is 7.00. The number of halogens is 2. The van der Waals surface area contributed by atoms with Gasteiger partial charge in [-0.05, 0) is 54.6 Å². The van der Waals surface area contributed by atoms with Gasteiger partial charge in [0.1, 0.15) is 23.2 Å². The number of rotatable bonds is 5. The van der Waals surface area contributed by atoms with Crippen LogP contribution >= 0.6 is 0 Å². The number of aliphatic hydroxyl groups is 2. The first-order valence-corrected chi connectivity index (χ1v) is 9.59. The van der Waals surface area contributed by atoms with E-state index in [9.17, 15) is 29.1 Å². The lowest BCUT2D eigenvalue weighted by Crippen LogP contribution is -1.98. The summed E-state index contributed by atoms with van der Waals surface area (Å²) in [6.07, 6.45) is 2.53. The van der Waals surface area contributed by atoms with Gasteiger partial charge in [-0.25, -0.2) is 18.7 Å². The summed E-state index contributed by atoms with van der Waals surface area (Å²) in [5.74, 6) is -1.44. The molecule has 1 aromatic heterocycles. The van der Waals surface area contributed by atoms with Gasteiger partial charge in [0.2, 0.25) is 0 Å². The largest absolute Gasteiger partial charge is 0.507 e. The number of non-ortho nitro benzene ring substituents is 1. The number of hydrogen-bond donors (Lipinski definition) is 2. The van der Waals surface area contributed by atoms with Gasteiger partial charge in [0.25, 0.3) is 5.69 Å². The fourth-order valence-electron chi connectivity index (χ4n) is 3.06. The number of aliphatic hydroxyl groups excluding tert-OH is 2. The topological polar surface area (TPSA) is 109 Å². The fraction of sp³-hybridized carbons (Fsp3) is 0. The number of fused-ring (bicyclic) bond motifs is 1. The number of nitrogens with zero attached hydrogens (tertiary/aromatic N) is 3. The number of benzene rings is 3. The first kappa shape index (κ1) is 21.6. The summed E-state index contributed by atoms with van der Waals surface area (Å²) in [6.45, 7) is 0. The van der Waals surface area contributed by atoms with Crippen LogP contribution in [0.2, 0.25) is 0 Å². The average Bonchev–Trinajstić information content (AvgIpc) is 2.79. The minimum atomic E-state index is -0.569. The Morgan fingerprint density at radius 2 is 1.21 bits per heavy atom. The Bertz CT molecular complexity index is 1420. The second-order valence-electron chi connectivity index (χ2n) is 7.00. The van der Waals surface area contributed by atoms with Crippen LogP contribution in [0.1, 0.15) is 22.5 Å². The van der Waals surface area contributed by atoms with Crippen LogP contribution in [-0.4, -0.2) is 25.1 Å². The average molecular weight is 447 g/mol. The summed E-state index contributed by atoms with van der Waals surface area (Å²) in [6, 6.07) is 14.1. The standard InChI is InChI=1S/C24H15F2N3O4/c25-16-5-1-14(2-6-16)23(30)12-21-22(13-24(31)15-3-7-17(26)8-4-15)28-20-11-18(29(32)33)9-10-19(20)27-21/h1-13,30-31H/b23-12+,24-13-. The highest BCUT2D eigenvalue weighted by molar-refractivity contribution is 5.86. The van der Waals surface area contributed by atoms with Gasteiger partial charge in [-0.3, -0.25) is 10.1 Å². The Balaban J connectivity index is 1.87. The van der Waals surface area contributed by atoms with E-state index in [4.69, 9.17) is 0 Å². The quantitative estimate of drug-likeness (QED) is 0.223. The van der Waals surface area contributed by atoms with Gasteiger partial charge in [0, 0.05) is 35.4 Å². The molecule has 0 fully saturated rings. The van der Waals surface area contributed by atoms with Crippen molar-refractivity contribution in [3.8, 4) is 0 Å². The number of aromatic nitrogens is 2. The Morgan fingerprint density at radius 3 is 1.67 bits per heavy atom. The molecule has 0 atom stereocenters. The third kappa shape index (κ3) is 4.82. The normalized spacial score (nSPS) is 12.2. The van der Waals surface area contributed by atoms with Gasteiger partial charge in [-0.15, -0.1) is 0 Å². The van der Waals surface area contributed by atoms with E-state index in [-0.39, 0.29) is 34.1 Å². The lowest BCUT2D eigenvalue weighted by Gasteiger charge is -2.07. The lowest BCUT2D eigenvalue weighted by atomic mass is 10.1. The highest BCUT2D eigenvalue weighted by atomic mass is 19.1. The van der Waals surface area contributed by atoms with Crippen molar-refractivity contribution < 1.29 is 23.9 Å². The summed E-state index contributed by atoms with van der Waals surface area (Å²) < 4.78 is 26.4. The zero-order valence-corrected chi connectivity index (χ0v) is 16.8. The summed E-state index contributed by atoms with van der Waals surface area (Å²) in [4.78, 5) is 19.3. The van der Waals surface area contributed by atoms with Crippen LogP contribution in [0.4, 0.5) is 14.5 Å². The molecular formula is C24H15F2N3O4. The summed E-state index contributed by atoms with van der Waals surface area (Å²) in [5, 5.41) is 32.2. The predicted molar refractivity (Wildman–Crippen MR) is 120 cm³/mol. The molecule has 4 rings (SSSR count). The predicted octanol–water partition coefficient (Wildman–Crippen LogP) is 5.93. The molecule has 33 heavy (non-hydrogen) atoms. The van der Waals surface area contributed by atoms with Gasteiger partial charge >= 0.3 is 0 Å². The third-order valence-electron chi connectivity index (χ3n) is 4.74. The van der Waals surface area contributed by atoms with Gasteiger partial charge in [0.15, 0.2) is 0 Å². The van der Waals surface area contributed by atoms with Gasteiger partial charge < -0.3 is 10.2 Å². The minimum absolute atomic E-state index is 0.0958. The Kier molecular flexibility index (Phi) is 5.77. The Morgan fingerprint density at radius 1 is 0.758 bits per heavy atom. The monoisotopic (exact) mass is 447 g/mol. The molecule has 0 aliphatic rings. The van der Waals surface area contributed by atoms with E-state index in [0.717, 1.165) is 0 Å². The molecule has 164 valence electrons. The molecule has 0 bridgehead atoms. The van der Waals surface area contributed by atoms with Crippen molar-refractivity contribution in [2.75, 3.05) is 0 Å². The van der Waals surface area contributed by atoms with Gasteiger partial charge in [-0.2, -0.15) is 0 Å². The smallest absolute Gasteiger partial charge is 0.271 e. The maximum atomic E-state index is 13.2. The Labute approximate surface area is 185 Å². The number of nitro groups is 1. The van der Waals surface area contributed by atoms with Crippen molar-refractivity contribution in [1.82, 2.24) is 9.97 Å². The van der Waals surface area contributed by atoms with Crippen molar-refractivity contribution in [3.63, 3.8) is 0 Å². The lowest BCUT2D eigenvalue weighted by molar-refractivity contribution is -0.384. The SMILES string of the molecule is O=[N+]([O-])c1ccc2nc(/C=C(/O)c3ccc(F)cc3)c(/C=C(\O)c3ccc(F)cc3)nc2c1. The zero-order chi connectivity index (χ0) is 23.5. The molecule has 0 amide bonds. The van der Waals surface area contributed by atoms with E-state index in [2.05, 4.69) is 9.97 Å². The summed E-state index contributed by atoms with van der Waals surface area (Å²) in [5.41, 5.74) is 1.19. The van der Waals surface area contributed by atoms with E-state index in [1.807, 2.05) is 0 Å². The van der Waals surface area contributed by atoms with Gasteiger partial charge in [0.05, 0.1) is 27.3 Å². The molecule has 0 saturated heterocycles. The number of hydrogen-bond acceptors (Lipinski definition) is 6. The molecule has 0 saturated carbocycles. The Hall–Kier alpha value is -4.66. The molecule has 0 spiro atoms. The molecule has 2 N–H and O–H groups in total. The van der Waals surface area contributed by atoms with Crippen LogP contribution in [0.3, 0.4) is 0 Å². The molecule has 0 aliphatic heterocycles. The number of nitro benzene ring substituents is 1. The van der Waals surface area contributed by atoms with E-state index in [0.29, 0.717) is 16.6 Å². The molecule has 9 heteroatoms. The molecule has 0 unspecified atom stereocenters. The van der Waals surface area contributed by atoms with Crippen LogP contribution in [0.15, 0.2) is 66.7 Å². The second kappa shape index (κ2) is 8.83. The molecule has 4 aromatic rings. The highest BCUT2D eigenvalue weighted by Crippen LogP contribution is 2.25.